The Balaban J connectivity index is 1.64. The summed E-state index contributed by atoms with van der Waals surface area (Å²) in [6.07, 6.45) is 0.471. The second-order valence-electron chi connectivity index (χ2n) is 10.7. The molecule has 0 spiro atoms. The van der Waals surface area contributed by atoms with E-state index in [2.05, 4.69) is 31.5 Å². The summed E-state index contributed by atoms with van der Waals surface area (Å²) in [6, 6.07) is 6.72. The SMILES string of the molecule is Cc1ncsc1-c1ccc(CNC(O)[C@@H]2C[C@@H](O)CN2C(=O)C(NC(=O)CCCCBr)C(C)(C)C)cc1. The number of hydrogen-bond acceptors (Lipinski definition) is 7. The van der Waals surface area contributed by atoms with E-state index in [1.165, 1.54) is 4.90 Å². The van der Waals surface area contributed by atoms with Gasteiger partial charge in [-0.05, 0) is 42.7 Å². The fourth-order valence-corrected chi connectivity index (χ4v) is 5.74. The van der Waals surface area contributed by atoms with Crippen molar-refractivity contribution in [2.75, 3.05) is 11.9 Å². The van der Waals surface area contributed by atoms with Crippen LogP contribution in [0.5, 0.6) is 0 Å². The van der Waals surface area contributed by atoms with E-state index in [9.17, 15) is 19.8 Å². The highest BCUT2D eigenvalue weighted by Gasteiger charge is 2.44. The molecule has 4 N–H and O–H groups in total. The molecule has 1 fully saturated rings. The van der Waals surface area contributed by atoms with Gasteiger partial charge in [0.25, 0.3) is 0 Å². The smallest absolute Gasteiger partial charge is 0.246 e. The number of rotatable bonds is 11. The second-order valence-corrected chi connectivity index (χ2v) is 12.4. The monoisotopic (exact) mass is 594 g/mol. The Morgan fingerprint density at radius 1 is 1.24 bits per heavy atom. The third-order valence-electron chi connectivity index (χ3n) is 6.65. The molecule has 0 saturated carbocycles. The maximum absolute atomic E-state index is 13.6. The Morgan fingerprint density at radius 2 is 1.95 bits per heavy atom. The van der Waals surface area contributed by atoms with Gasteiger partial charge in [0, 0.05) is 24.8 Å². The van der Waals surface area contributed by atoms with E-state index in [-0.39, 0.29) is 24.8 Å². The first-order valence-corrected chi connectivity index (χ1v) is 14.8. The van der Waals surface area contributed by atoms with Gasteiger partial charge in [-0.2, -0.15) is 0 Å². The Bertz CT molecular complexity index is 1040. The van der Waals surface area contributed by atoms with E-state index in [0.717, 1.165) is 39.9 Å². The molecule has 4 atom stereocenters. The molecule has 1 aromatic heterocycles. The first kappa shape index (κ1) is 29.7. The van der Waals surface area contributed by atoms with E-state index >= 15 is 0 Å². The van der Waals surface area contributed by atoms with Gasteiger partial charge in [-0.15, -0.1) is 11.3 Å². The number of thiazole rings is 1. The zero-order chi connectivity index (χ0) is 27.2. The maximum Gasteiger partial charge on any atom is 0.246 e. The zero-order valence-corrected chi connectivity index (χ0v) is 24.4. The van der Waals surface area contributed by atoms with Gasteiger partial charge >= 0.3 is 0 Å². The lowest BCUT2D eigenvalue weighted by Crippen LogP contribution is -2.58. The fraction of sp³-hybridized carbons (Fsp3) is 0.593. The number of hydrogen-bond donors (Lipinski definition) is 4. The fourth-order valence-electron chi connectivity index (χ4n) is 4.53. The van der Waals surface area contributed by atoms with Gasteiger partial charge in [0.15, 0.2) is 0 Å². The minimum Gasteiger partial charge on any atom is -0.391 e. The van der Waals surface area contributed by atoms with Crippen molar-refractivity contribution < 1.29 is 19.8 Å². The van der Waals surface area contributed by atoms with E-state index in [1.54, 1.807) is 11.3 Å². The number of nitrogens with zero attached hydrogens (tertiary/aromatic N) is 2. The first-order valence-electron chi connectivity index (χ1n) is 12.8. The Morgan fingerprint density at radius 3 is 2.54 bits per heavy atom. The van der Waals surface area contributed by atoms with Crippen molar-refractivity contribution >= 4 is 39.1 Å². The topological polar surface area (TPSA) is 115 Å². The van der Waals surface area contributed by atoms with Crippen molar-refractivity contribution in [3.63, 3.8) is 0 Å². The van der Waals surface area contributed by atoms with Crippen molar-refractivity contribution in [3.05, 3.63) is 41.0 Å². The van der Waals surface area contributed by atoms with Crippen LogP contribution in [-0.4, -0.2) is 68.2 Å². The number of aryl methyl sites for hydroxylation is 1. The number of alkyl halides is 1. The van der Waals surface area contributed by atoms with Crippen LogP contribution < -0.4 is 10.6 Å². The number of aliphatic hydroxyl groups is 2. The predicted octanol–water partition coefficient (Wildman–Crippen LogP) is 3.58. The summed E-state index contributed by atoms with van der Waals surface area (Å²) >= 11 is 4.97. The van der Waals surface area contributed by atoms with Gasteiger partial charge in [-0.25, -0.2) is 4.98 Å². The number of halogens is 1. The van der Waals surface area contributed by atoms with Gasteiger partial charge in [0.05, 0.1) is 28.2 Å². The number of unbranched alkanes of at least 4 members (excludes halogenated alkanes) is 1. The Labute approximate surface area is 232 Å². The van der Waals surface area contributed by atoms with Crippen LogP contribution in [0.4, 0.5) is 0 Å². The highest BCUT2D eigenvalue weighted by molar-refractivity contribution is 9.09. The van der Waals surface area contributed by atoms with Gasteiger partial charge in [0.1, 0.15) is 12.3 Å². The number of β-amino-alcohol motifs (C(OH)–C–C–N with tert-alkyl or cyclic N) is 1. The number of carbonyl (C=O) groups excluding carboxylic acids is 2. The highest BCUT2D eigenvalue weighted by atomic mass is 79.9. The van der Waals surface area contributed by atoms with Crippen LogP contribution in [0.25, 0.3) is 10.4 Å². The number of benzene rings is 1. The van der Waals surface area contributed by atoms with Gasteiger partial charge in [-0.3, -0.25) is 14.9 Å². The van der Waals surface area contributed by atoms with Crippen LogP contribution in [0.3, 0.4) is 0 Å². The highest BCUT2D eigenvalue weighted by Crippen LogP contribution is 2.29. The number of aromatic nitrogens is 1. The maximum atomic E-state index is 13.6. The van der Waals surface area contributed by atoms with Gasteiger partial charge in [-0.1, -0.05) is 61.0 Å². The molecule has 204 valence electrons. The average molecular weight is 596 g/mol. The van der Waals surface area contributed by atoms with Crippen molar-refractivity contribution in [2.45, 2.75) is 84.3 Å². The molecule has 0 aliphatic carbocycles. The molecule has 8 nitrogen and oxygen atoms in total. The number of nitrogens with one attached hydrogen (secondary N) is 2. The molecule has 2 heterocycles. The Kier molecular flexibility index (Phi) is 10.7. The van der Waals surface area contributed by atoms with Gasteiger partial charge < -0.3 is 20.4 Å². The minimum atomic E-state index is -1.03. The van der Waals surface area contributed by atoms with Crippen molar-refractivity contribution in [1.82, 2.24) is 20.5 Å². The lowest BCUT2D eigenvalue weighted by Gasteiger charge is -2.37. The Hall–Kier alpha value is -1.85. The summed E-state index contributed by atoms with van der Waals surface area (Å²) in [4.78, 5) is 33.1. The largest absolute Gasteiger partial charge is 0.391 e. The summed E-state index contributed by atoms with van der Waals surface area (Å²) in [6.45, 7) is 8.23. The van der Waals surface area contributed by atoms with Crippen LogP contribution in [0, 0.1) is 12.3 Å². The lowest BCUT2D eigenvalue weighted by atomic mass is 9.85. The number of amides is 2. The molecule has 3 rings (SSSR count). The number of likely N-dealkylation sites (tertiary alicyclic amines) is 1. The molecular weight excluding hydrogens is 556 g/mol. The van der Waals surface area contributed by atoms with Crippen LogP contribution in [-0.2, 0) is 16.1 Å². The van der Waals surface area contributed by atoms with E-state index in [1.807, 2.05) is 57.5 Å². The van der Waals surface area contributed by atoms with Crippen molar-refractivity contribution in [1.29, 1.82) is 0 Å². The minimum absolute atomic E-state index is 0.122. The van der Waals surface area contributed by atoms with Crippen LogP contribution in [0.1, 0.15) is 57.7 Å². The van der Waals surface area contributed by atoms with Crippen LogP contribution in [0.15, 0.2) is 29.8 Å². The third kappa shape index (κ3) is 8.07. The second kappa shape index (κ2) is 13.3. The summed E-state index contributed by atoms with van der Waals surface area (Å²) < 4.78 is 0. The molecule has 1 aliphatic heterocycles. The van der Waals surface area contributed by atoms with E-state index in [0.29, 0.717) is 13.0 Å². The molecule has 1 aliphatic rings. The molecule has 2 unspecified atom stereocenters. The zero-order valence-electron chi connectivity index (χ0n) is 22.0. The number of aliphatic hydroxyl groups excluding tert-OH is 2. The molecule has 2 amide bonds. The van der Waals surface area contributed by atoms with Crippen molar-refractivity contribution in [3.8, 4) is 10.4 Å². The van der Waals surface area contributed by atoms with Crippen molar-refractivity contribution in [2.24, 2.45) is 5.41 Å². The van der Waals surface area contributed by atoms with Crippen LogP contribution in [0.2, 0.25) is 0 Å². The summed E-state index contributed by atoms with van der Waals surface area (Å²) in [5.41, 5.74) is 4.39. The van der Waals surface area contributed by atoms with E-state index in [4.69, 9.17) is 0 Å². The van der Waals surface area contributed by atoms with Gasteiger partial charge in [0.2, 0.25) is 11.8 Å². The first-order chi connectivity index (χ1) is 17.5. The summed E-state index contributed by atoms with van der Waals surface area (Å²) in [7, 11) is 0. The molecule has 37 heavy (non-hydrogen) atoms. The molecule has 0 bridgehead atoms. The predicted molar refractivity (Wildman–Crippen MR) is 150 cm³/mol. The molecule has 1 aromatic carbocycles. The van der Waals surface area contributed by atoms with E-state index < -0.39 is 29.8 Å². The molecule has 1 saturated heterocycles. The molecular formula is C27H39BrN4O4S. The normalized spacial score (nSPS) is 19.6. The number of carbonyl (C=O) groups is 2. The molecule has 10 heteroatoms. The summed E-state index contributed by atoms with van der Waals surface area (Å²) in [5.74, 6) is -0.450. The lowest BCUT2D eigenvalue weighted by molar-refractivity contribution is -0.142. The average Bonchev–Trinajstić information content (AvgIpc) is 3.46. The standard InChI is InChI=1S/C27H39BrN4O4S/c1-17-23(37-16-30-17)19-10-8-18(9-11-19)14-29-25(35)21-13-20(33)15-32(21)26(36)24(27(2,3)4)31-22(34)7-5-6-12-28/h8-11,16,20-21,24-25,29,33,35H,5-7,12-15H2,1-4H3,(H,31,34)/t20-,21+,24?,25?/m1/s1. The summed E-state index contributed by atoms with van der Waals surface area (Å²) in [5, 5.41) is 28.2. The third-order valence-corrected chi connectivity index (χ3v) is 8.19. The van der Waals surface area contributed by atoms with Crippen LogP contribution >= 0.6 is 27.3 Å². The molecule has 2 aromatic rings. The molecule has 0 radical (unpaired) electrons. The quantitative estimate of drug-likeness (QED) is 0.179.